The highest BCUT2D eigenvalue weighted by Gasteiger charge is 2.26. The molecule has 0 N–H and O–H groups in total. The maximum atomic E-state index is 12.2. The van der Waals surface area contributed by atoms with E-state index in [-0.39, 0.29) is 17.9 Å². The van der Waals surface area contributed by atoms with Crippen LogP contribution in [0.15, 0.2) is 54.6 Å². The van der Waals surface area contributed by atoms with Gasteiger partial charge in [-0.3, -0.25) is 9.69 Å². The number of imidazole rings is 1. The maximum Gasteiger partial charge on any atom is 0.337 e. The number of ketones is 1. The number of rotatable bonds is 12. The van der Waals surface area contributed by atoms with Crippen molar-refractivity contribution in [2.45, 2.75) is 64.8 Å². The Bertz CT molecular complexity index is 1670. The number of hydrogen-bond donors (Lipinski definition) is 0. The summed E-state index contributed by atoms with van der Waals surface area (Å²) in [6, 6.07) is 17.0. The molecule has 1 atom stereocenters. The number of Topliss-reactive ketones (excluding diaryl/α,β-unsaturated/α-hetero) is 1. The molecule has 4 aromatic rings. The van der Waals surface area contributed by atoms with Gasteiger partial charge in [0.25, 0.3) is 0 Å². The molecule has 0 unspecified atom stereocenters. The predicted octanol–water partition coefficient (Wildman–Crippen LogP) is 5.57. The monoisotopic (exact) mass is 612 g/mol. The van der Waals surface area contributed by atoms with E-state index in [0.717, 1.165) is 80.2 Å². The lowest BCUT2D eigenvalue weighted by molar-refractivity contribution is -0.0592. The first kappa shape index (κ1) is 30.7. The van der Waals surface area contributed by atoms with E-state index in [1.165, 1.54) is 7.11 Å². The minimum atomic E-state index is -0.352. The fourth-order valence-electron chi connectivity index (χ4n) is 6.03. The Hall–Kier alpha value is -4.28. The molecule has 2 aliphatic rings. The molecule has 4 heterocycles. The normalized spacial score (nSPS) is 17.2. The summed E-state index contributed by atoms with van der Waals surface area (Å²) in [5.41, 5.74) is 4.85. The molecule has 0 spiro atoms. The number of piperidine rings is 1. The van der Waals surface area contributed by atoms with Crippen molar-refractivity contribution in [3.05, 3.63) is 82.8 Å². The van der Waals surface area contributed by atoms with Gasteiger partial charge in [-0.2, -0.15) is 0 Å². The lowest BCUT2D eigenvalue weighted by atomic mass is 9.93. The van der Waals surface area contributed by atoms with Crippen molar-refractivity contribution in [2.24, 2.45) is 0 Å². The van der Waals surface area contributed by atoms with Gasteiger partial charge in [0.2, 0.25) is 5.88 Å². The van der Waals surface area contributed by atoms with E-state index in [0.29, 0.717) is 41.9 Å². The molecule has 0 radical (unpaired) electrons. The lowest BCUT2D eigenvalue weighted by Crippen LogP contribution is -2.35. The van der Waals surface area contributed by atoms with E-state index in [1.54, 1.807) is 25.1 Å². The number of ether oxygens (including phenoxy) is 4. The summed E-state index contributed by atoms with van der Waals surface area (Å²) in [5.74, 6) is 2.20. The maximum absolute atomic E-state index is 12.2. The molecule has 10 nitrogen and oxygen atoms in total. The van der Waals surface area contributed by atoms with Crippen molar-refractivity contribution in [3.63, 3.8) is 0 Å². The standard InChI is InChI=1S/C35H40N4O6/c1-4-43-32-19-25(23(2)40)8-9-27(32)22-45-34-7-5-6-29(37-34)24-12-15-38(16-13-24)21-33-36-30-11-10-26(35(41)42-3)18-31(30)39(33)20-28-14-17-44-28/h5-11,18-19,24,28H,4,12-17,20-22H2,1-3H3/t28-/m0/s1. The Labute approximate surface area is 263 Å². The second-order valence-electron chi connectivity index (χ2n) is 11.7. The van der Waals surface area contributed by atoms with Gasteiger partial charge < -0.3 is 23.5 Å². The molecule has 6 rings (SSSR count). The number of esters is 1. The average molecular weight is 613 g/mol. The fraction of sp³-hybridized carbons (Fsp3) is 0.429. The average Bonchev–Trinajstić information content (AvgIpc) is 3.37. The highest BCUT2D eigenvalue weighted by molar-refractivity contribution is 5.94. The molecular formula is C35H40N4O6. The second kappa shape index (κ2) is 13.8. The summed E-state index contributed by atoms with van der Waals surface area (Å²) in [6.07, 6.45) is 3.16. The number of carbonyl (C=O) groups excluding carboxylic acids is 2. The van der Waals surface area contributed by atoms with Gasteiger partial charge in [0.05, 0.1) is 49.5 Å². The summed E-state index contributed by atoms with van der Waals surface area (Å²) in [5, 5.41) is 0. The number of fused-ring (bicyclic) bond motifs is 1. The zero-order valence-corrected chi connectivity index (χ0v) is 26.2. The smallest absolute Gasteiger partial charge is 0.337 e. The molecule has 2 aromatic heterocycles. The molecule has 45 heavy (non-hydrogen) atoms. The highest BCUT2D eigenvalue weighted by Crippen LogP contribution is 2.30. The van der Waals surface area contributed by atoms with Crippen LogP contribution in [0.4, 0.5) is 0 Å². The van der Waals surface area contributed by atoms with E-state index in [2.05, 4.69) is 15.5 Å². The van der Waals surface area contributed by atoms with Crippen LogP contribution in [0.25, 0.3) is 11.0 Å². The molecular weight excluding hydrogens is 572 g/mol. The molecule has 0 bridgehead atoms. The zero-order chi connectivity index (χ0) is 31.3. The Morgan fingerprint density at radius 3 is 2.49 bits per heavy atom. The minimum Gasteiger partial charge on any atom is -0.493 e. The SMILES string of the molecule is CCOc1cc(C(C)=O)ccc1COc1cccc(C2CCN(Cc3nc4ccc(C(=O)OC)cc4n3C[C@@H]3CCO3)CC2)n1. The van der Waals surface area contributed by atoms with Crippen LogP contribution in [0.3, 0.4) is 0 Å². The van der Waals surface area contributed by atoms with Crippen molar-refractivity contribution < 1.29 is 28.5 Å². The zero-order valence-electron chi connectivity index (χ0n) is 26.2. The molecule has 236 valence electrons. The number of aromatic nitrogens is 3. The number of likely N-dealkylation sites (tertiary alicyclic amines) is 1. The Balaban J connectivity index is 1.10. The van der Waals surface area contributed by atoms with E-state index in [9.17, 15) is 9.59 Å². The van der Waals surface area contributed by atoms with Crippen molar-refractivity contribution in [1.82, 2.24) is 19.4 Å². The summed E-state index contributed by atoms with van der Waals surface area (Å²) in [4.78, 5) is 36.3. The molecule has 0 amide bonds. The van der Waals surface area contributed by atoms with Crippen molar-refractivity contribution in [2.75, 3.05) is 33.4 Å². The van der Waals surface area contributed by atoms with Gasteiger partial charge in [-0.1, -0.05) is 18.2 Å². The van der Waals surface area contributed by atoms with Gasteiger partial charge in [0.1, 0.15) is 18.2 Å². The van der Waals surface area contributed by atoms with E-state index in [1.807, 2.05) is 37.3 Å². The molecule has 2 fully saturated rings. The third-order valence-corrected chi connectivity index (χ3v) is 8.69. The third-order valence-electron chi connectivity index (χ3n) is 8.69. The predicted molar refractivity (Wildman–Crippen MR) is 169 cm³/mol. The Kier molecular flexibility index (Phi) is 9.42. The van der Waals surface area contributed by atoms with Crippen LogP contribution in [0, 0.1) is 0 Å². The number of methoxy groups -OCH3 is 1. The van der Waals surface area contributed by atoms with Crippen molar-refractivity contribution in [3.8, 4) is 11.6 Å². The number of nitrogens with zero attached hydrogens (tertiary/aromatic N) is 4. The first-order valence-corrected chi connectivity index (χ1v) is 15.7. The molecule has 0 aliphatic carbocycles. The fourth-order valence-corrected chi connectivity index (χ4v) is 6.03. The van der Waals surface area contributed by atoms with E-state index < -0.39 is 0 Å². The van der Waals surface area contributed by atoms with Gasteiger partial charge >= 0.3 is 5.97 Å². The van der Waals surface area contributed by atoms with Gasteiger partial charge in [-0.25, -0.2) is 14.8 Å². The second-order valence-corrected chi connectivity index (χ2v) is 11.7. The summed E-state index contributed by atoms with van der Waals surface area (Å²) in [7, 11) is 1.40. The molecule has 2 saturated heterocycles. The molecule has 2 aromatic carbocycles. The third kappa shape index (κ3) is 7.02. The first-order valence-electron chi connectivity index (χ1n) is 15.7. The quantitative estimate of drug-likeness (QED) is 0.150. The molecule has 10 heteroatoms. The van der Waals surface area contributed by atoms with Crippen LogP contribution in [0.5, 0.6) is 11.6 Å². The highest BCUT2D eigenvalue weighted by atomic mass is 16.5. The summed E-state index contributed by atoms with van der Waals surface area (Å²) in [6.45, 7) is 8.36. The minimum absolute atomic E-state index is 0.0000167. The van der Waals surface area contributed by atoms with Gasteiger partial charge in [0, 0.05) is 35.4 Å². The number of benzene rings is 2. The number of hydrogen-bond acceptors (Lipinski definition) is 9. The van der Waals surface area contributed by atoms with Gasteiger partial charge in [-0.15, -0.1) is 0 Å². The van der Waals surface area contributed by atoms with Crippen LogP contribution in [0.2, 0.25) is 0 Å². The number of pyridine rings is 1. The first-order chi connectivity index (χ1) is 21.9. The van der Waals surface area contributed by atoms with Crippen LogP contribution in [-0.4, -0.2) is 70.7 Å². The molecule has 0 saturated carbocycles. The van der Waals surface area contributed by atoms with Crippen LogP contribution < -0.4 is 9.47 Å². The van der Waals surface area contributed by atoms with Crippen LogP contribution in [0.1, 0.15) is 76.8 Å². The van der Waals surface area contributed by atoms with Crippen LogP contribution in [-0.2, 0) is 29.2 Å². The Morgan fingerprint density at radius 1 is 0.978 bits per heavy atom. The van der Waals surface area contributed by atoms with E-state index in [4.69, 9.17) is 28.9 Å². The summed E-state index contributed by atoms with van der Waals surface area (Å²) >= 11 is 0. The number of carbonyl (C=O) groups is 2. The van der Waals surface area contributed by atoms with Gasteiger partial charge in [-0.05, 0) is 76.5 Å². The largest absolute Gasteiger partial charge is 0.493 e. The lowest BCUT2D eigenvalue weighted by Gasteiger charge is -2.32. The van der Waals surface area contributed by atoms with Crippen molar-refractivity contribution >= 4 is 22.8 Å². The topological polar surface area (TPSA) is 105 Å². The van der Waals surface area contributed by atoms with E-state index >= 15 is 0 Å². The van der Waals surface area contributed by atoms with Crippen LogP contribution >= 0.6 is 0 Å². The molecule has 2 aliphatic heterocycles. The summed E-state index contributed by atoms with van der Waals surface area (Å²) < 4.78 is 24.8. The van der Waals surface area contributed by atoms with Gasteiger partial charge in [0.15, 0.2) is 5.78 Å². The van der Waals surface area contributed by atoms with Crippen molar-refractivity contribution in [1.29, 1.82) is 0 Å². The Morgan fingerprint density at radius 2 is 1.78 bits per heavy atom.